The fraction of sp³-hybridized carbons (Fsp3) is 0.167. The number of Topliss-reactive ketones (excluding diaryl/α,β-unsaturated/α-hetero) is 1. The monoisotopic (exact) mass is 405 g/mol. The molecule has 0 amide bonds. The van der Waals surface area contributed by atoms with Crippen LogP contribution in [0.2, 0.25) is 0 Å². The molecule has 3 aromatic rings. The van der Waals surface area contributed by atoms with Crippen LogP contribution < -0.4 is 9.47 Å². The molecule has 3 rings (SSSR count). The maximum atomic E-state index is 13.2. The van der Waals surface area contributed by atoms with Gasteiger partial charge < -0.3 is 19.1 Å². The Morgan fingerprint density at radius 1 is 0.800 bits per heavy atom. The Hall–Kier alpha value is -3.80. The van der Waals surface area contributed by atoms with Crippen molar-refractivity contribution in [3.05, 3.63) is 83.7 Å². The Morgan fingerprint density at radius 2 is 1.40 bits per heavy atom. The molecule has 0 unspecified atom stereocenters. The predicted octanol–water partition coefficient (Wildman–Crippen LogP) is 4.30. The molecule has 6 heteroatoms. The number of nitrogens with zero attached hydrogens (tertiary/aromatic N) is 1. The third-order valence-electron chi connectivity index (χ3n) is 4.41. The van der Waals surface area contributed by atoms with Crippen LogP contribution in [0.4, 0.5) is 0 Å². The lowest BCUT2D eigenvalue weighted by molar-refractivity contribution is 0.0600. The van der Waals surface area contributed by atoms with E-state index in [0.717, 1.165) is 16.5 Å². The van der Waals surface area contributed by atoms with E-state index in [2.05, 4.69) is 0 Å². The number of ketones is 1. The van der Waals surface area contributed by atoms with Gasteiger partial charge in [0.15, 0.2) is 5.76 Å². The molecule has 30 heavy (non-hydrogen) atoms. The minimum absolute atomic E-state index is 0.165. The van der Waals surface area contributed by atoms with Crippen LogP contribution in [0.3, 0.4) is 0 Å². The van der Waals surface area contributed by atoms with Gasteiger partial charge in [-0.2, -0.15) is 0 Å². The van der Waals surface area contributed by atoms with Crippen molar-refractivity contribution in [1.29, 1.82) is 0 Å². The molecule has 0 heterocycles. The van der Waals surface area contributed by atoms with Crippen molar-refractivity contribution in [2.75, 3.05) is 28.3 Å². The number of ether oxygens (including phenoxy) is 3. The van der Waals surface area contributed by atoms with Crippen LogP contribution in [-0.2, 0) is 4.74 Å². The maximum Gasteiger partial charge on any atom is 0.337 e. The van der Waals surface area contributed by atoms with Gasteiger partial charge in [0.05, 0.1) is 19.8 Å². The molecule has 0 aliphatic heterocycles. The zero-order chi connectivity index (χ0) is 21.7. The highest BCUT2D eigenvalue weighted by Crippen LogP contribution is 2.24. The predicted molar refractivity (Wildman–Crippen MR) is 115 cm³/mol. The van der Waals surface area contributed by atoms with Crippen LogP contribution in [0.5, 0.6) is 11.5 Å². The fourth-order valence-corrected chi connectivity index (χ4v) is 2.90. The minimum Gasteiger partial charge on any atom is -0.497 e. The Morgan fingerprint density at radius 3 is 2.03 bits per heavy atom. The van der Waals surface area contributed by atoms with Gasteiger partial charge in [-0.15, -0.1) is 0 Å². The SMILES string of the molecule is COC(=O)c1ccc(O/C(=C\N(C)C)C(=O)c2ccc3cc(OC)ccc3c2)cc1. The molecule has 0 radical (unpaired) electrons. The lowest BCUT2D eigenvalue weighted by Crippen LogP contribution is -2.14. The summed E-state index contributed by atoms with van der Waals surface area (Å²) in [6, 6.07) is 17.6. The van der Waals surface area contributed by atoms with Crippen molar-refractivity contribution >= 4 is 22.5 Å². The second kappa shape index (κ2) is 9.13. The van der Waals surface area contributed by atoms with Crippen molar-refractivity contribution in [3.8, 4) is 11.5 Å². The number of hydrogen-bond acceptors (Lipinski definition) is 6. The molecule has 0 N–H and O–H groups in total. The number of esters is 1. The van der Waals surface area contributed by atoms with Gasteiger partial charge in [0, 0.05) is 25.9 Å². The van der Waals surface area contributed by atoms with E-state index in [0.29, 0.717) is 16.9 Å². The van der Waals surface area contributed by atoms with E-state index in [9.17, 15) is 9.59 Å². The number of carbonyl (C=O) groups excluding carboxylic acids is 2. The maximum absolute atomic E-state index is 13.2. The van der Waals surface area contributed by atoms with Crippen molar-refractivity contribution in [1.82, 2.24) is 4.90 Å². The van der Waals surface area contributed by atoms with E-state index in [1.54, 1.807) is 48.5 Å². The molecular formula is C24H23NO5. The van der Waals surface area contributed by atoms with E-state index >= 15 is 0 Å². The Bertz CT molecular complexity index is 1100. The first-order valence-corrected chi connectivity index (χ1v) is 9.28. The van der Waals surface area contributed by atoms with Gasteiger partial charge in [0.2, 0.25) is 5.78 Å². The van der Waals surface area contributed by atoms with Gasteiger partial charge in [-0.25, -0.2) is 4.79 Å². The largest absolute Gasteiger partial charge is 0.497 e. The summed E-state index contributed by atoms with van der Waals surface area (Å²) in [7, 11) is 6.56. The molecule has 154 valence electrons. The molecule has 0 aliphatic carbocycles. The zero-order valence-corrected chi connectivity index (χ0v) is 17.3. The summed E-state index contributed by atoms with van der Waals surface area (Å²) in [6.07, 6.45) is 1.62. The summed E-state index contributed by atoms with van der Waals surface area (Å²) in [5.41, 5.74) is 0.909. The van der Waals surface area contributed by atoms with Gasteiger partial charge in [0.25, 0.3) is 0 Å². The molecule has 6 nitrogen and oxygen atoms in total. The summed E-state index contributed by atoms with van der Waals surface area (Å²) in [4.78, 5) is 26.5. The average Bonchev–Trinajstić information content (AvgIpc) is 2.77. The van der Waals surface area contributed by atoms with Gasteiger partial charge in [-0.3, -0.25) is 4.79 Å². The van der Waals surface area contributed by atoms with Gasteiger partial charge in [-0.1, -0.05) is 18.2 Å². The topological polar surface area (TPSA) is 65.1 Å². The van der Waals surface area contributed by atoms with Gasteiger partial charge in [-0.05, 0) is 53.2 Å². The molecule has 0 aliphatic rings. The van der Waals surface area contributed by atoms with E-state index < -0.39 is 5.97 Å². The van der Waals surface area contributed by atoms with Crippen molar-refractivity contribution in [2.24, 2.45) is 0 Å². The second-order valence-electron chi connectivity index (χ2n) is 6.83. The number of hydrogen-bond donors (Lipinski definition) is 0. The van der Waals surface area contributed by atoms with Crippen molar-refractivity contribution < 1.29 is 23.8 Å². The summed E-state index contributed by atoms with van der Waals surface area (Å²) in [5, 5.41) is 1.90. The Balaban J connectivity index is 1.89. The van der Waals surface area contributed by atoms with Crippen LogP contribution in [0.1, 0.15) is 20.7 Å². The van der Waals surface area contributed by atoms with E-state index in [4.69, 9.17) is 14.2 Å². The molecular weight excluding hydrogens is 382 g/mol. The number of allylic oxidation sites excluding steroid dienone is 1. The molecule has 0 atom stereocenters. The highest BCUT2D eigenvalue weighted by atomic mass is 16.5. The molecule has 0 bridgehead atoms. The Kier molecular flexibility index (Phi) is 6.37. The standard InChI is InChI=1S/C24H23NO5/c1-25(2)15-22(30-20-10-7-16(8-11-20)24(27)29-4)23(26)19-6-5-18-14-21(28-3)12-9-17(18)13-19/h5-15H,1-4H3/b22-15-. The second-order valence-corrected chi connectivity index (χ2v) is 6.83. The molecule has 0 saturated carbocycles. The normalized spacial score (nSPS) is 11.1. The molecule has 0 aromatic heterocycles. The van der Waals surface area contributed by atoms with Crippen molar-refractivity contribution in [3.63, 3.8) is 0 Å². The summed E-state index contributed by atoms with van der Waals surface area (Å²) in [6.45, 7) is 0. The first kappa shape index (κ1) is 20.9. The van der Waals surface area contributed by atoms with E-state index in [1.807, 2.05) is 44.4 Å². The number of benzene rings is 3. The summed E-state index contributed by atoms with van der Waals surface area (Å²) in [5.74, 6) is 0.676. The van der Waals surface area contributed by atoms with Crippen LogP contribution in [-0.4, -0.2) is 45.0 Å². The van der Waals surface area contributed by atoms with Crippen LogP contribution in [0.15, 0.2) is 72.6 Å². The molecule has 3 aromatic carbocycles. The third kappa shape index (κ3) is 4.78. The summed E-state index contributed by atoms with van der Waals surface area (Å²) < 4.78 is 15.8. The van der Waals surface area contributed by atoms with Crippen LogP contribution in [0, 0.1) is 0 Å². The minimum atomic E-state index is -0.436. The van der Waals surface area contributed by atoms with Crippen molar-refractivity contribution in [2.45, 2.75) is 0 Å². The average molecular weight is 405 g/mol. The van der Waals surface area contributed by atoms with E-state index in [-0.39, 0.29) is 11.5 Å². The zero-order valence-electron chi connectivity index (χ0n) is 17.3. The van der Waals surface area contributed by atoms with Crippen LogP contribution >= 0.6 is 0 Å². The van der Waals surface area contributed by atoms with Gasteiger partial charge >= 0.3 is 5.97 Å². The first-order valence-electron chi connectivity index (χ1n) is 9.28. The number of fused-ring (bicyclic) bond motifs is 1. The number of rotatable bonds is 7. The lowest BCUT2D eigenvalue weighted by Gasteiger charge is -2.13. The number of carbonyl (C=O) groups is 2. The highest BCUT2D eigenvalue weighted by molar-refractivity contribution is 6.09. The Labute approximate surface area is 175 Å². The van der Waals surface area contributed by atoms with E-state index in [1.165, 1.54) is 7.11 Å². The summed E-state index contributed by atoms with van der Waals surface area (Å²) >= 11 is 0. The highest BCUT2D eigenvalue weighted by Gasteiger charge is 2.17. The number of methoxy groups -OCH3 is 2. The first-order chi connectivity index (χ1) is 14.4. The fourth-order valence-electron chi connectivity index (χ4n) is 2.90. The quantitative estimate of drug-likeness (QED) is 0.253. The van der Waals surface area contributed by atoms with Crippen LogP contribution in [0.25, 0.3) is 10.8 Å². The molecule has 0 fully saturated rings. The molecule has 0 saturated heterocycles. The third-order valence-corrected chi connectivity index (χ3v) is 4.41. The lowest BCUT2D eigenvalue weighted by atomic mass is 10.0. The van der Waals surface area contributed by atoms with Gasteiger partial charge in [0.1, 0.15) is 11.5 Å². The molecule has 0 spiro atoms. The smallest absolute Gasteiger partial charge is 0.337 e.